The molecule has 0 bridgehead atoms. The zero-order valence-electron chi connectivity index (χ0n) is 10.8. The maximum atomic E-state index is 9.06. The molecule has 0 saturated carbocycles. The van der Waals surface area contributed by atoms with Crippen molar-refractivity contribution in [2.45, 2.75) is 44.9 Å². The first-order valence-electron chi connectivity index (χ1n) is 5.97. The Labute approximate surface area is 98.6 Å². The third kappa shape index (κ3) is 3.75. The highest BCUT2D eigenvalue weighted by Gasteiger charge is 2.26. The highest BCUT2D eigenvalue weighted by atomic mass is 16.5. The van der Waals surface area contributed by atoms with Crippen LogP contribution >= 0.6 is 0 Å². The second kappa shape index (κ2) is 5.62. The standard InChI is InChI=1S/C12H23N3O/c1-10-7-15(8-11(2)16-10)6-5-12(3,9-13)14-4/h10-11,14H,5-8H2,1-4H3/t10-,11+,12?. The van der Waals surface area contributed by atoms with Gasteiger partial charge in [-0.1, -0.05) is 0 Å². The lowest BCUT2D eigenvalue weighted by Crippen LogP contribution is -2.48. The van der Waals surface area contributed by atoms with Gasteiger partial charge in [0.25, 0.3) is 0 Å². The Morgan fingerprint density at radius 2 is 2.00 bits per heavy atom. The van der Waals surface area contributed by atoms with Gasteiger partial charge in [-0.2, -0.15) is 5.26 Å². The van der Waals surface area contributed by atoms with Crippen LogP contribution in [0.25, 0.3) is 0 Å². The van der Waals surface area contributed by atoms with Gasteiger partial charge in [0.2, 0.25) is 0 Å². The van der Waals surface area contributed by atoms with E-state index >= 15 is 0 Å². The van der Waals surface area contributed by atoms with Crippen LogP contribution in [0.15, 0.2) is 0 Å². The normalized spacial score (nSPS) is 30.7. The van der Waals surface area contributed by atoms with Crippen molar-refractivity contribution in [2.24, 2.45) is 0 Å². The van der Waals surface area contributed by atoms with Crippen molar-refractivity contribution in [3.63, 3.8) is 0 Å². The summed E-state index contributed by atoms with van der Waals surface area (Å²) in [4.78, 5) is 2.38. The number of hydrogen-bond acceptors (Lipinski definition) is 4. The average Bonchev–Trinajstić information content (AvgIpc) is 2.25. The van der Waals surface area contributed by atoms with Crippen LogP contribution in [0, 0.1) is 11.3 Å². The average molecular weight is 225 g/mol. The Morgan fingerprint density at radius 1 is 1.44 bits per heavy atom. The van der Waals surface area contributed by atoms with Gasteiger partial charge in [0, 0.05) is 19.6 Å². The summed E-state index contributed by atoms with van der Waals surface area (Å²) in [5, 5.41) is 12.1. The summed E-state index contributed by atoms with van der Waals surface area (Å²) in [7, 11) is 1.84. The van der Waals surface area contributed by atoms with Gasteiger partial charge in [-0.15, -0.1) is 0 Å². The molecule has 0 aromatic carbocycles. The second-order valence-corrected chi connectivity index (χ2v) is 4.96. The molecule has 4 heteroatoms. The van der Waals surface area contributed by atoms with Gasteiger partial charge in [-0.3, -0.25) is 4.90 Å². The van der Waals surface area contributed by atoms with E-state index in [9.17, 15) is 0 Å². The number of ether oxygens (including phenoxy) is 1. The number of nitrogens with one attached hydrogen (secondary N) is 1. The zero-order valence-corrected chi connectivity index (χ0v) is 10.8. The van der Waals surface area contributed by atoms with E-state index < -0.39 is 5.54 Å². The molecule has 0 amide bonds. The SMILES string of the molecule is CNC(C)(C#N)CCN1C[C@@H](C)O[C@@H](C)C1. The summed E-state index contributed by atoms with van der Waals surface area (Å²) in [6, 6.07) is 2.32. The van der Waals surface area contributed by atoms with Gasteiger partial charge in [0.1, 0.15) is 5.54 Å². The largest absolute Gasteiger partial charge is 0.373 e. The second-order valence-electron chi connectivity index (χ2n) is 4.96. The van der Waals surface area contributed by atoms with Crippen molar-refractivity contribution in [3.05, 3.63) is 0 Å². The van der Waals surface area contributed by atoms with Gasteiger partial charge >= 0.3 is 0 Å². The van der Waals surface area contributed by atoms with E-state index in [2.05, 4.69) is 30.1 Å². The van der Waals surface area contributed by atoms with E-state index in [0.717, 1.165) is 26.1 Å². The zero-order chi connectivity index (χ0) is 12.2. The summed E-state index contributed by atoms with van der Waals surface area (Å²) < 4.78 is 5.68. The molecule has 1 heterocycles. The fraction of sp³-hybridized carbons (Fsp3) is 0.917. The molecule has 1 saturated heterocycles. The minimum Gasteiger partial charge on any atom is -0.373 e. The van der Waals surface area contributed by atoms with Crippen LogP contribution in [0.5, 0.6) is 0 Å². The van der Waals surface area contributed by atoms with E-state index in [-0.39, 0.29) is 0 Å². The molecular weight excluding hydrogens is 202 g/mol. The fourth-order valence-electron chi connectivity index (χ4n) is 2.09. The van der Waals surface area contributed by atoms with Crippen LogP contribution in [0.1, 0.15) is 27.2 Å². The molecular formula is C12H23N3O. The van der Waals surface area contributed by atoms with Crippen molar-refractivity contribution in [1.82, 2.24) is 10.2 Å². The Balaban J connectivity index is 2.40. The lowest BCUT2D eigenvalue weighted by atomic mass is 9.99. The molecule has 16 heavy (non-hydrogen) atoms. The lowest BCUT2D eigenvalue weighted by molar-refractivity contribution is -0.0689. The van der Waals surface area contributed by atoms with Gasteiger partial charge in [0.05, 0.1) is 18.3 Å². The Kier molecular flexibility index (Phi) is 4.72. The maximum absolute atomic E-state index is 9.06. The van der Waals surface area contributed by atoms with E-state index in [4.69, 9.17) is 10.00 Å². The van der Waals surface area contributed by atoms with Crippen LogP contribution in [-0.2, 0) is 4.74 Å². The lowest BCUT2D eigenvalue weighted by Gasteiger charge is -2.36. The molecule has 0 aliphatic carbocycles. The predicted octanol–water partition coefficient (Wildman–Crippen LogP) is 0.987. The van der Waals surface area contributed by atoms with Crippen molar-refractivity contribution in [1.29, 1.82) is 5.26 Å². The molecule has 0 spiro atoms. The molecule has 4 nitrogen and oxygen atoms in total. The molecule has 1 N–H and O–H groups in total. The van der Waals surface area contributed by atoms with E-state index in [1.165, 1.54) is 0 Å². The molecule has 92 valence electrons. The Morgan fingerprint density at radius 3 is 2.44 bits per heavy atom. The quantitative estimate of drug-likeness (QED) is 0.775. The summed E-state index contributed by atoms with van der Waals surface area (Å²) in [5.41, 5.74) is -0.412. The number of morpholine rings is 1. The summed E-state index contributed by atoms with van der Waals surface area (Å²) >= 11 is 0. The molecule has 1 unspecified atom stereocenters. The van der Waals surface area contributed by atoms with E-state index in [1.54, 1.807) is 0 Å². The third-order valence-corrected chi connectivity index (χ3v) is 3.22. The molecule has 1 rings (SSSR count). The summed E-state index contributed by atoms with van der Waals surface area (Å²) in [5.74, 6) is 0. The molecule has 0 radical (unpaired) electrons. The van der Waals surface area contributed by atoms with E-state index in [1.807, 2.05) is 14.0 Å². The number of hydrogen-bond donors (Lipinski definition) is 1. The molecule has 3 atom stereocenters. The fourth-order valence-corrected chi connectivity index (χ4v) is 2.09. The van der Waals surface area contributed by atoms with Crippen LogP contribution in [0.2, 0.25) is 0 Å². The van der Waals surface area contributed by atoms with Crippen molar-refractivity contribution < 1.29 is 4.74 Å². The van der Waals surface area contributed by atoms with E-state index in [0.29, 0.717) is 12.2 Å². The first-order valence-corrected chi connectivity index (χ1v) is 5.97. The van der Waals surface area contributed by atoms with Crippen LogP contribution in [0.3, 0.4) is 0 Å². The Hall–Kier alpha value is -0.630. The summed E-state index contributed by atoms with van der Waals surface area (Å²) in [6.45, 7) is 9.03. The predicted molar refractivity (Wildman–Crippen MR) is 64.1 cm³/mol. The minimum atomic E-state index is -0.412. The van der Waals surface area contributed by atoms with Gasteiger partial charge in [-0.05, 0) is 34.2 Å². The number of nitriles is 1. The number of nitrogens with zero attached hydrogens (tertiary/aromatic N) is 2. The maximum Gasteiger partial charge on any atom is 0.104 e. The first kappa shape index (κ1) is 13.4. The van der Waals surface area contributed by atoms with Crippen molar-refractivity contribution >= 4 is 0 Å². The summed E-state index contributed by atoms with van der Waals surface area (Å²) in [6.07, 6.45) is 1.44. The van der Waals surface area contributed by atoms with Gasteiger partial charge < -0.3 is 10.1 Å². The topological polar surface area (TPSA) is 48.3 Å². The molecule has 0 aromatic heterocycles. The van der Waals surface area contributed by atoms with Crippen LogP contribution in [0.4, 0.5) is 0 Å². The highest BCUT2D eigenvalue weighted by molar-refractivity contribution is 5.03. The smallest absolute Gasteiger partial charge is 0.104 e. The highest BCUT2D eigenvalue weighted by Crippen LogP contribution is 2.14. The van der Waals surface area contributed by atoms with Gasteiger partial charge in [0.15, 0.2) is 0 Å². The monoisotopic (exact) mass is 225 g/mol. The first-order chi connectivity index (χ1) is 7.49. The third-order valence-electron chi connectivity index (χ3n) is 3.22. The molecule has 1 aliphatic rings. The molecule has 1 fully saturated rings. The molecule has 1 aliphatic heterocycles. The van der Waals surface area contributed by atoms with Crippen LogP contribution in [-0.4, -0.2) is 49.3 Å². The van der Waals surface area contributed by atoms with Gasteiger partial charge in [-0.25, -0.2) is 0 Å². The molecule has 0 aromatic rings. The van der Waals surface area contributed by atoms with Crippen LogP contribution < -0.4 is 5.32 Å². The Bertz CT molecular complexity index is 253. The minimum absolute atomic E-state index is 0.298. The van der Waals surface area contributed by atoms with Crippen molar-refractivity contribution in [2.75, 3.05) is 26.7 Å². The number of rotatable bonds is 4. The van der Waals surface area contributed by atoms with Crippen molar-refractivity contribution in [3.8, 4) is 6.07 Å².